The van der Waals surface area contributed by atoms with Crippen LogP contribution in [0.3, 0.4) is 0 Å². The van der Waals surface area contributed by atoms with Gasteiger partial charge in [-0.15, -0.1) is 0 Å². The van der Waals surface area contributed by atoms with Gasteiger partial charge in [0, 0.05) is 51.0 Å². The van der Waals surface area contributed by atoms with Gasteiger partial charge in [-0.1, -0.05) is 12.1 Å². The van der Waals surface area contributed by atoms with Crippen LogP contribution < -0.4 is 4.90 Å². The molecule has 0 radical (unpaired) electrons. The number of hydrogen-bond donors (Lipinski definition) is 0. The van der Waals surface area contributed by atoms with E-state index in [4.69, 9.17) is 0 Å². The fourth-order valence-electron chi connectivity index (χ4n) is 3.15. The van der Waals surface area contributed by atoms with E-state index < -0.39 is 10.7 Å². The molecule has 1 heterocycles. The maximum atomic E-state index is 13.8. The van der Waals surface area contributed by atoms with Crippen molar-refractivity contribution in [2.75, 3.05) is 44.7 Å². The van der Waals surface area contributed by atoms with Crippen LogP contribution in [0, 0.1) is 15.9 Å². The van der Waals surface area contributed by atoms with Crippen LogP contribution in [0.4, 0.5) is 15.8 Å². The number of anilines is 1. The molecular formula is C20H21FN4O4. The molecule has 2 amide bonds. The summed E-state index contributed by atoms with van der Waals surface area (Å²) < 4.78 is 13.8. The van der Waals surface area contributed by atoms with Gasteiger partial charge in [0.05, 0.1) is 17.0 Å². The second-order valence-electron chi connectivity index (χ2n) is 6.77. The molecule has 2 aromatic rings. The molecule has 1 aliphatic rings. The summed E-state index contributed by atoms with van der Waals surface area (Å²) in [4.78, 5) is 40.2. The molecular weight excluding hydrogens is 379 g/mol. The SMILES string of the molecule is CN(C(=O)CN1CCN(C(=O)c2ccccc2F)CC1)c1ccc([N+](=O)[O-])cc1. The van der Waals surface area contributed by atoms with Gasteiger partial charge in [-0.05, 0) is 24.3 Å². The van der Waals surface area contributed by atoms with Crippen LogP contribution in [-0.2, 0) is 4.79 Å². The first-order chi connectivity index (χ1) is 13.9. The highest BCUT2D eigenvalue weighted by Crippen LogP contribution is 2.19. The number of likely N-dealkylation sites (N-methyl/N-ethyl adjacent to an activating group) is 1. The molecule has 1 aliphatic heterocycles. The molecule has 0 N–H and O–H groups in total. The number of carbonyl (C=O) groups excluding carboxylic acids is 2. The summed E-state index contributed by atoms with van der Waals surface area (Å²) in [6, 6.07) is 11.7. The number of hydrogen-bond acceptors (Lipinski definition) is 5. The van der Waals surface area contributed by atoms with Crippen molar-refractivity contribution < 1.29 is 18.9 Å². The average Bonchev–Trinajstić information content (AvgIpc) is 2.73. The molecule has 0 aliphatic carbocycles. The zero-order valence-corrected chi connectivity index (χ0v) is 16.0. The van der Waals surface area contributed by atoms with Crippen LogP contribution in [-0.4, -0.2) is 66.3 Å². The minimum atomic E-state index is -0.542. The Hall–Kier alpha value is -3.33. The second kappa shape index (κ2) is 8.78. The monoisotopic (exact) mass is 400 g/mol. The summed E-state index contributed by atoms with van der Waals surface area (Å²) in [6.45, 7) is 1.97. The largest absolute Gasteiger partial charge is 0.336 e. The third-order valence-electron chi connectivity index (χ3n) is 4.94. The van der Waals surface area contributed by atoms with Gasteiger partial charge in [0.2, 0.25) is 5.91 Å². The fourth-order valence-corrected chi connectivity index (χ4v) is 3.15. The average molecular weight is 400 g/mol. The van der Waals surface area contributed by atoms with Crippen LogP contribution in [0.5, 0.6) is 0 Å². The fraction of sp³-hybridized carbons (Fsp3) is 0.300. The summed E-state index contributed by atoms with van der Waals surface area (Å²) in [5, 5.41) is 10.7. The van der Waals surface area contributed by atoms with Gasteiger partial charge in [0.15, 0.2) is 0 Å². The van der Waals surface area contributed by atoms with E-state index in [0.29, 0.717) is 31.9 Å². The standard InChI is InChI=1S/C20H21FN4O4/c1-22(15-6-8-16(9-7-15)25(28)29)19(26)14-23-10-12-24(13-11-23)20(27)17-4-2-3-5-18(17)21/h2-9H,10-14H2,1H3. The van der Waals surface area contributed by atoms with E-state index in [-0.39, 0.29) is 29.6 Å². The van der Waals surface area contributed by atoms with Gasteiger partial charge in [-0.2, -0.15) is 0 Å². The third-order valence-corrected chi connectivity index (χ3v) is 4.94. The van der Waals surface area contributed by atoms with E-state index in [9.17, 15) is 24.1 Å². The topological polar surface area (TPSA) is 87.0 Å². The minimum Gasteiger partial charge on any atom is -0.336 e. The molecule has 9 heteroatoms. The van der Waals surface area contributed by atoms with Gasteiger partial charge in [0.1, 0.15) is 5.82 Å². The van der Waals surface area contributed by atoms with Crippen LogP contribution in [0.25, 0.3) is 0 Å². The van der Waals surface area contributed by atoms with E-state index in [2.05, 4.69) is 0 Å². The Labute approximate surface area is 167 Å². The first kappa shape index (κ1) is 20.4. The van der Waals surface area contributed by atoms with Crippen LogP contribution >= 0.6 is 0 Å². The maximum Gasteiger partial charge on any atom is 0.269 e. The molecule has 2 aromatic carbocycles. The number of non-ortho nitro benzene ring substituents is 1. The predicted molar refractivity (Wildman–Crippen MR) is 105 cm³/mol. The van der Waals surface area contributed by atoms with Crippen molar-refractivity contribution in [1.82, 2.24) is 9.80 Å². The van der Waals surface area contributed by atoms with Crippen LogP contribution in [0.2, 0.25) is 0 Å². The molecule has 152 valence electrons. The van der Waals surface area contributed by atoms with Crippen molar-refractivity contribution in [1.29, 1.82) is 0 Å². The van der Waals surface area contributed by atoms with E-state index in [1.54, 1.807) is 18.0 Å². The predicted octanol–water partition coefficient (Wildman–Crippen LogP) is 2.15. The highest BCUT2D eigenvalue weighted by molar-refractivity contribution is 5.95. The van der Waals surface area contributed by atoms with Gasteiger partial charge in [-0.3, -0.25) is 24.6 Å². The number of nitro benzene ring substituents is 1. The van der Waals surface area contributed by atoms with Gasteiger partial charge >= 0.3 is 0 Å². The number of nitro groups is 1. The highest BCUT2D eigenvalue weighted by Gasteiger charge is 2.25. The number of carbonyl (C=O) groups is 2. The Kier molecular flexibility index (Phi) is 6.18. The van der Waals surface area contributed by atoms with Crippen LogP contribution in [0.1, 0.15) is 10.4 Å². The summed E-state index contributed by atoms with van der Waals surface area (Å²) in [5.41, 5.74) is 0.578. The number of nitrogens with zero attached hydrogens (tertiary/aromatic N) is 4. The molecule has 8 nitrogen and oxygen atoms in total. The maximum absolute atomic E-state index is 13.8. The third kappa shape index (κ3) is 4.75. The lowest BCUT2D eigenvalue weighted by atomic mass is 10.1. The number of benzene rings is 2. The van der Waals surface area contributed by atoms with Crippen molar-refractivity contribution in [3.8, 4) is 0 Å². The van der Waals surface area contributed by atoms with E-state index in [1.807, 2.05) is 4.90 Å². The van der Waals surface area contributed by atoms with Crippen LogP contribution in [0.15, 0.2) is 48.5 Å². The van der Waals surface area contributed by atoms with E-state index in [1.165, 1.54) is 47.4 Å². The number of piperazine rings is 1. The molecule has 0 spiro atoms. The quantitative estimate of drug-likeness (QED) is 0.567. The molecule has 29 heavy (non-hydrogen) atoms. The summed E-state index contributed by atoms with van der Waals surface area (Å²) in [5.74, 6) is -1.05. The van der Waals surface area contributed by atoms with Crippen molar-refractivity contribution in [2.24, 2.45) is 0 Å². The number of rotatable bonds is 5. The Morgan fingerprint density at radius 2 is 1.69 bits per heavy atom. The lowest BCUT2D eigenvalue weighted by Crippen LogP contribution is -2.51. The summed E-state index contributed by atoms with van der Waals surface area (Å²) in [7, 11) is 1.61. The molecule has 1 saturated heterocycles. The van der Waals surface area contributed by atoms with Crippen molar-refractivity contribution in [2.45, 2.75) is 0 Å². The Morgan fingerprint density at radius 3 is 2.28 bits per heavy atom. The van der Waals surface area contributed by atoms with E-state index in [0.717, 1.165) is 0 Å². The molecule has 3 rings (SSSR count). The normalized spacial score (nSPS) is 14.5. The molecule has 1 fully saturated rings. The van der Waals surface area contributed by atoms with Crippen molar-refractivity contribution in [3.05, 3.63) is 70.0 Å². The summed E-state index contributed by atoms with van der Waals surface area (Å²) in [6.07, 6.45) is 0. The zero-order chi connectivity index (χ0) is 21.0. The number of amides is 2. The van der Waals surface area contributed by atoms with Gasteiger partial charge in [0.25, 0.3) is 11.6 Å². The highest BCUT2D eigenvalue weighted by atomic mass is 19.1. The molecule has 0 bridgehead atoms. The molecule has 0 atom stereocenters. The number of halogens is 1. The first-order valence-electron chi connectivity index (χ1n) is 9.14. The Balaban J connectivity index is 1.53. The molecule has 0 saturated carbocycles. The zero-order valence-electron chi connectivity index (χ0n) is 16.0. The Morgan fingerprint density at radius 1 is 1.07 bits per heavy atom. The van der Waals surface area contributed by atoms with Crippen molar-refractivity contribution in [3.63, 3.8) is 0 Å². The first-order valence-corrected chi connectivity index (χ1v) is 9.14. The Bertz CT molecular complexity index is 911. The summed E-state index contributed by atoms with van der Waals surface area (Å²) >= 11 is 0. The van der Waals surface area contributed by atoms with Crippen molar-refractivity contribution >= 4 is 23.2 Å². The van der Waals surface area contributed by atoms with Gasteiger partial charge in [-0.25, -0.2) is 4.39 Å². The lowest BCUT2D eigenvalue weighted by Gasteiger charge is -2.35. The smallest absolute Gasteiger partial charge is 0.269 e. The van der Waals surface area contributed by atoms with Gasteiger partial charge < -0.3 is 9.80 Å². The minimum absolute atomic E-state index is 0.0368. The van der Waals surface area contributed by atoms with E-state index >= 15 is 0 Å². The molecule has 0 aromatic heterocycles. The second-order valence-corrected chi connectivity index (χ2v) is 6.77. The molecule has 0 unspecified atom stereocenters. The lowest BCUT2D eigenvalue weighted by molar-refractivity contribution is -0.384.